The molecule has 6 nitrogen and oxygen atoms in total. The molecule has 0 radical (unpaired) electrons. The standard InChI is InChI=1S/C10H6ClN5O/c11-7-2-3-8-13-14-10(16(8)15-7)6-1-4-9(17)12-5-6/h1-5H,(H,12,17). The molecule has 0 spiro atoms. The van der Waals surface area contributed by atoms with Gasteiger partial charge >= 0.3 is 0 Å². The molecule has 17 heavy (non-hydrogen) atoms. The highest BCUT2D eigenvalue weighted by Gasteiger charge is 2.09. The van der Waals surface area contributed by atoms with Gasteiger partial charge in [-0.1, -0.05) is 11.6 Å². The van der Waals surface area contributed by atoms with E-state index in [4.69, 9.17) is 11.6 Å². The minimum absolute atomic E-state index is 0.173. The molecule has 0 aliphatic carbocycles. The number of aromatic amines is 1. The number of aromatic nitrogens is 5. The summed E-state index contributed by atoms with van der Waals surface area (Å²) in [7, 11) is 0. The number of pyridine rings is 1. The summed E-state index contributed by atoms with van der Waals surface area (Å²) in [6, 6.07) is 6.43. The van der Waals surface area contributed by atoms with Crippen LogP contribution >= 0.6 is 11.6 Å². The predicted octanol–water partition coefficient (Wildman–Crippen LogP) is 1.13. The maximum atomic E-state index is 11.0. The molecule has 0 atom stereocenters. The van der Waals surface area contributed by atoms with Crippen LogP contribution in [0.2, 0.25) is 5.15 Å². The summed E-state index contributed by atoms with van der Waals surface area (Å²) < 4.78 is 1.52. The zero-order valence-electron chi connectivity index (χ0n) is 8.46. The second kappa shape index (κ2) is 3.67. The lowest BCUT2D eigenvalue weighted by atomic mass is 10.3. The zero-order valence-corrected chi connectivity index (χ0v) is 9.22. The lowest BCUT2D eigenvalue weighted by Gasteiger charge is -1.98. The molecule has 1 N–H and O–H groups in total. The first kappa shape index (κ1) is 9.98. The smallest absolute Gasteiger partial charge is 0.247 e. The molecular weight excluding hydrogens is 242 g/mol. The normalized spacial score (nSPS) is 10.9. The Morgan fingerprint density at radius 3 is 2.82 bits per heavy atom. The van der Waals surface area contributed by atoms with Gasteiger partial charge in [0.2, 0.25) is 5.56 Å². The van der Waals surface area contributed by atoms with Crippen LogP contribution in [0.25, 0.3) is 17.0 Å². The predicted molar refractivity (Wildman–Crippen MR) is 61.8 cm³/mol. The number of halogens is 1. The Morgan fingerprint density at radius 1 is 1.18 bits per heavy atom. The average Bonchev–Trinajstić information content (AvgIpc) is 2.73. The van der Waals surface area contributed by atoms with Crippen LogP contribution < -0.4 is 5.56 Å². The van der Waals surface area contributed by atoms with Crippen molar-refractivity contribution in [2.75, 3.05) is 0 Å². The van der Waals surface area contributed by atoms with Crippen molar-refractivity contribution in [2.24, 2.45) is 0 Å². The SMILES string of the molecule is O=c1ccc(-c2nnc3ccc(Cl)nn23)c[nH]1. The number of hydrogen-bond donors (Lipinski definition) is 1. The summed E-state index contributed by atoms with van der Waals surface area (Å²) in [6.07, 6.45) is 1.56. The van der Waals surface area contributed by atoms with Gasteiger partial charge in [-0.05, 0) is 18.2 Å². The summed E-state index contributed by atoms with van der Waals surface area (Å²) in [5.41, 5.74) is 1.14. The van der Waals surface area contributed by atoms with Gasteiger partial charge in [0.15, 0.2) is 11.5 Å². The topological polar surface area (TPSA) is 75.9 Å². The minimum Gasteiger partial charge on any atom is -0.328 e. The van der Waals surface area contributed by atoms with E-state index in [2.05, 4.69) is 20.3 Å². The third kappa shape index (κ3) is 1.68. The Kier molecular flexibility index (Phi) is 2.15. The number of fused-ring (bicyclic) bond motifs is 1. The molecule has 3 aromatic heterocycles. The quantitative estimate of drug-likeness (QED) is 0.699. The largest absolute Gasteiger partial charge is 0.328 e. The summed E-state index contributed by atoms with van der Waals surface area (Å²) in [4.78, 5) is 13.5. The van der Waals surface area contributed by atoms with E-state index in [1.165, 1.54) is 10.6 Å². The molecule has 84 valence electrons. The van der Waals surface area contributed by atoms with Gasteiger partial charge in [-0.3, -0.25) is 4.79 Å². The van der Waals surface area contributed by atoms with E-state index >= 15 is 0 Å². The van der Waals surface area contributed by atoms with Gasteiger partial charge < -0.3 is 4.98 Å². The number of H-pyrrole nitrogens is 1. The molecule has 0 saturated heterocycles. The van der Waals surface area contributed by atoms with Gasteiger partial charge in [0.1, 0.15) is 5.15 Å². The molecule has 3 heterocycles. The van der Waals surface area contributed by atoms with Crippen LogP contribution in [-0.2, 0) is 0 Å². The van der Waals surface area contributed by atoms with Gasteiger partial charge in [-0.15, -0.1) is 10.2 Å². The van der Waals surface area contributed by atoms with E-state index in [0.717, 1.165) is 0 Å². The molecule has 0 amide bonds. The van der Waals surface area contributed by atoms with Crippen molar-refractivity contribution in [2.45, 2.75) is 0 Å². The third-order valence-corrected chi connectivity index (χ3v) is 2.47. The molecule has 0 unspecified atom stereocenters. The molecule has 0 aliphatic heterocycles. The highest BCUT2D eigenvalue weighted by Crippen LogP contribution is 2.16. The Balaban J connectivity index is 2.26. The van der Waals surface area contributed by atoms with Crippen LogP contribution in [0, 0.1) is 0 Å². The third-order valence-electron chi connectivity index (χ3n) is 2.27. The highest BCUT2D eigenvalue weighted by atomic mass is 35.5. The molecule has 0 aromatic carbocycles. The Morgan fingerprint density at radius 2 is 2.06 bits per heavy atom. The number of nitrogens with zero attached hydrogens (tertiary/aromatic N) is 4. The van der Waals surface area contributed by atoms with Crippen molar-refractivity contribution in [3.05, 3.63) is 46.0 Å². The average molecular weight is 248 g/mol. The van der Waals surface area contributed by atoms with Crippen molar-refractivity contribution in [1.29, 1.82) is 0 Å². The monoisotopic (exact) mass is 247 g/mol. The van der Waals surface area contributed by atoms with Crippen molar-refractivity contribution >= 4 is 17.2 Å². The molecule has 7 heteroatoms. The van der Waals surface area contributed by atoms with E-state index in [1.54, 1.807) is 24.4 Å². The Labute approximate surface area is 99.9 Å². The maximum absolute atomic E-state index is 11.0. The minimum atomic E-state index is -0.173. The van der Waals surface area contributed by atoms with Crippen LogP contribution in [0.15, 0.2) is 35.3 Å². The lowest BCUT2D eigenvalue weighted by molar-refractivity contribution is 0.934. The zero-order chi connectivity index (χ0) is 11.8. The first-order valence-electron chi connectivity index (χ1n) is 4.81. The van der Waals surface area contributed by atoms with Crippen molar-refractivity contribution < 1.29 is 0 Å². The van der Waals surface area contributed by atoms with Crippen molar-refractivity contribution in [3.63, 3.8) is 0 Å². The molecule has 0 saturated carbocycles. The molecular formula is C10H6ClN5O. The van der Waals surface area contributed by atoms with Gasteiger partial charge in [0.05, 0.1) is 0 Å². The second-order valence-electron chi connectivity index (χ2n) is 3.39. The fourth-order valence-electron chi connectivity index (χ4n) is 1.50. The molecule has 0 bridgehead atoms. The fraction of sp³-hybridized carbons (Fsp3) is 0. The van der Waals surface area contributed by atoms with Crippen LogP contribution in [0.3, 0.4) is 0 Å². The van der Waals surface area contributed by atoms with Gasteiger partial charge in [0, 0.05) is 17.8 Å². The summed E-state index contributed by atoms with van der Waals surface area (Å²) in [5.74, 6) is 0.527. The summed E-state index contributed by atoms with van der Waals surface area (Å²) in [6.45, 7) is 0. The van der Waals surface area contributed by atoms with Gasteiger partial charge in [0.25, 0.3) is 0 Å². The van der Waals surface area contributed by atoms with E-state index < -0.39 is 0 Å². The van der Waals surface area contributed by atoms with Crippen LogP contribution in [-0.4, -0.2) is 24.8 Å². The molecule has 3 rings (SSSR count). The van der Waals surface area contributed by atoms with Crippen LogP contribution in [0.4, 0.5) is 0 Å². The van der Waals surface area contributed by atoms with Crippen molar-refractivity contribution in [3.8, 4) is 11.4 Å². The molecule has 0 fully saturated rings. The fourth-order valence-corrected chi connectivity index (χ4v) is 1.63. The Bertz CT molecular complexity index is 727. The molecule has 0 aliphatic rings. The number of nitrogens with one attached hydrogen (secondary N) is 1. The van der Waals surface area contributed by atoms with E-state index in [0.29, 0.717) is 22.2 Å². The van der Waals surface area contributed by atoms with E-state index in [1.807, 2.05) is 0 Å². The van der Waals surface area contributed by atoms with Crippen LogP contribution in [0.1, 0.15) is 0 Å². The van der Waals surface area contributed by atoms with Gasteiger partial charge in [-0.2, -0.15) is 9.61 Å². The highest BCUT2D eigenvalue weighted by molar-refractivity contribution is 6.29. The summed E-state index contributed by atoms with van der Waals surface area (Å²) >= 11 is 5.81. The lowest BCUT2D eigenvalue weighted by Crippen LogP contribution is -2.03. The Hall–Kier alpha value is -2.21. The van der Waals surface area contributed by atoms with Gasteiger partial charge in [-0.25, -0.2) is 0 Å². The first-order chi connectivity index (χ1) is 8.24. The first-order valence-corrected chi connectivity index (χ1v) is 5.19. The maximum Gasteiger partial charge on any atom is 0.247 e. The van der Waals surface area contributed by atoms with E-state index in [-0.39, 0.29) is 5.56 Å². The van der Waals surface area contributed by atoms with Crippen molar-refractivity contribution in [1.82, 2.24) is 24.8 Å². The molecule has 3 aromatic rings. The summed E-state index contributed by atoms with van der Waals surface area (Å²) in [5, 5.41) is 12.4. The number of rotatable bonds is 1. The van der Waals surface area contributed by atoms with Crippen LogP contribution in [0.5, 0.6) is 0 Å². The number of hydrogen-bond acceptors (Lipinski definition) is 4. The second-order valence-corrected chi connectivity index (χ2v) is 3.78. The van der Waals surface area contributed by atoms with E-state index in [9.17, 15) is 4.79 Å².